The van der Waals surface area contributed by atoms with Gasteiger partial charge in [-0.2, -0.15) is 0 Å². The summed E-state index contributed by atoms with van der Waals surface area (Å²) in [6.07, 6.45) is 0. The number of fused-ring (bicyclic) bond motifs is 1. The van der Waals surface area contributed by atoms with Crippen LogP contribution >= 0.6 is 34.5 Å². The van der Waals surface area contributed by atoms with Crippen molar-refractivity contribution in [2.45, 2.75) is 26.8 Å². The van der Waals surface area contributed by atoms with E-state index in [2.05, 4.69) is 5.32 Å². The van der Waals surface area contributed by atoms with Gasteiger partial charge in [0.05, 0.1) is 5.02 Å². The summed E-state index contributed by atoms with van der Waals surface area (Å²) in [6.45, 7) is 5.57. The highest BCUT2D eigenvalue weighted by Crippen LogP contribution is 2.37. The molecule has 7 heteroatoms. The summed E-state index contributed by atoms with van der Waals surface area (Å²) >= 11 is 13.3. The minimum atomic E-state index is -0.611. The molecule has 1 aromatic carbocycles. The van der Waals surface area contributed by atoms with Gasteiger partial charge in [0.25, 0.3) is 5.91 Å². The van der Waals surface area contributed by atoms with Gasteiger partial charge in [-0.1, -0.05) is 43.1 Å². The van der Waals surface area contributed by atoms with Crippen LogP contribution in [0.3, 0.4) is 0 Å². The maximum atomic E-state index is 12.1. The van der Waals surface area contributed by atoms with Crippen molar-refractivity contribution >= 4 is 56.5 Å². The number of amides is 1. The van der Waals surface area contributed by atoms with Crippen molar-refractivity contribution in [2.24, 2.45) is 5.92 Å². The lowest BCUT2D eigenvalue weighted by atomic mass is 10.1. The number of nitrogens with one attached hydrogen (secondary N) is 1. The number of carbonyl (C=O) groups excluding carboxylic acids is 2. The summed E-state index contributed by atoms with van der Waals surface area (Å²) in [4.78, 5) is 24.2. The number of halogens is 2. The van der Waals surface area contributed by atoms with Crippen molar-refractivity contribution in [3.8, 4) is 0 Å². The number of benzene rings is 1. The third-order valence-corrected chi connectivity index (χ3v) is 5.37. The van der Waals surface area contributed by atoms with E-state index < -0.39 is 5.97 Å². The highest BCUT2D eigenvalue weighted by atomic mass is 35.5. The molecule has 1 heterocycles. The summed E-state index contributed by atoms with van der Waals surface area (Å²) in [5.74, 6) is -0.643. The predicted octanol–water partition coefficient (Wildman–Crippen LogP) is 4.53. The maximum absolute atomic E-state index is 12.1. The van der Waals surface area contributed by atoms with E-state index in [9.17, 15) is 9.59 Å². The molecule has 1 N–H and O–H groups in total. The van der Waals surface area contributed by atoms with Gasteiger partial charge < -0.3 is 10.1 Å². The monoisotopic (exact) mass is 373 g/mol. The molecule has 2 rings (SSSR count). The molecule has 0 saturated carbocycles. The fraction of sp³-hybridized carbons (Fsp3) is 0.375. The van der Waals surface area contributed by atoms with Crippen LogP contribution in [0.5, 0.6) is 0 Å². The zero-order chi connectivity index (χ0) is 17.1. The van der Waals surface area contributed by atoms with E-state index in [1.54, 1.807) is 18.2 Å². The third-order valence-electron chi connectivity index (χ3n) is 3.50. The van der Waals surface area contributed by atoms with E-state index in [-0.39, 0.29) is 23.4 Å². The summed E-state index contributed by atoms with van der Waals surface area (Å²) < 4.78 is 5.85. The number of hydrogen-bond acceptors (Lipinski definition) is 4. The molecule has 1 aromatic heterocycles. The summed E-state index contributed by atoms with van der Waals surface area (Å²) in [5, 5.41) is 4.40. The molecule has 0 aliphatic carbocycles. The van der Waals surface area contributed by atoms with Gasteiger partial charge in [-0.3, -0.25) is 4.79 Å². The van der Waals surface area contributed by atoms with E-state index in [1.807, 2.05) is 20.8 Å². The fourth-order valence-electron chi connectivity index (χ4n) is 1.83. The normalized spacial score (nSPS) is 12.4. The van der Waals surface area contributed by atoms with Crippen LogP contribution in [-0.4, -0.2) is 24.5 Å². The van der Waals surface area contributed by atoms with Gasteiger partial charge in [-0.05, 0) is 25.0 Å². The highest BCUT2D eigenvalue weighted by Gasteiger charge is 2.20. The second-order valence-electron chi connectivity index (χ2n) is 5.56. The van der Waals surface area contributed by atoms with Crippen LogP contribution in [0.15, 0.2) is 18.2 Å². The molecule has 0 aliphatic rings. The van der Waals surface area contributed by atoms with Crippen molar-refractivity contribution < 1.29 is 14.3 Å². The average Bonchev–Trinajstić information content (AvgIpc) is 2.81. The molecular weight excluding hydrogens is 357 g/mol. The molecule has 1 atom stereocenters. The molecule has 4 nitrogen and oxygen atoms in total. The highest BCUT2D eigenvalue weighted by molar-refractivity contribution is 7.21. The van der Waals surface area contributed by atoms with Gasteiger partial charge in [0.15, 0.2) is 6.61 Å². The standard InChI is InChI=1S/C16H17Cl2NO3S/c1-8(2)9(3)19-13(20)7-22-16(21)15-14(18)11-5-4-10(17)6-12(11)23-15/h4-6,8-9H,7H2,1-3H3,(H,19,20)/t9-/m1/s1. The molecule has 0 unspecified atom stereocenters. The first kappa shape index (κ1) is 18.0. The van der Waals surface area contributed by atoms with Crippen LogP contribution in [0.1, 0.15) is 30.4 Å². The molecule has 0 bridgehead atoms. The topological polar surface area (TPSA) is 55.4 Å². The lowest BCUT2D eigenvalue weighted by molar-refractivity contribution is -0.125. The van der Waals surface area contributed by atoms with Crippen LogP contribution in [0.2, 0.25) is 10.0 Å². The molecule has 0 saturated heterocycles. The van der Waals surface area contributed by atoms with Crippen LogP contribution in [0, 0.1) is 5.92 Å². The lowest BCUT2D eigenvalue weighted by Crippen LogP contribution is -2.38. The molecule has 0 fully saturated rings. The Morgan fingerprint density at radius 2 is 1.96 bits per heavy atom. The van der Waals surface area contributed by atoms with Crippen LogP contribution in [0.4, 0.5) is 0 Å². The summed E-state index contributed by atoms with van der Waals surface area (Å²) in [7, 11) is 0. The largest absolute Gasteiger partial charge is 0.451 e. The van der Waals surface area contributed by atoms with Gasteiger partial charge in [-0.15, -0.1) is 11.3 Å². The Balaban J connectivity index is 2.04. The Morgan fingerprint density at radius 1 is 1.26 bits per heavy atom. The fourth-order valence-corrected chi connectivity index (χ4v) is 3.51. The van der Waals surface area contributed by atoms with Gasteiger partial charge in [0.1, 0.15) is 4.88 Å². The first-order valence-corrected chi connectivity index (χ1v) is 8.71. The summed E-state index contributed by atoms with van der Waals surface area (Å²) in [5.41, 5.74) is 0. The second-order valence-corrected chi connectivity index (χ2v) is 7.43. The SMILES string of the molecule is CC(C)[C@@H](C)NC(=O)COC(=O)c1sc2cc(Cl)ccc2c1Cl. The number of thiophene rings is 1. The Morgan fingerprint density at radius 3 is 2.61 bits per heavy atom. The average molecular weight is 374 g/mol. The predicted molar refractivity (Wildman–Crippen MR) is 94.6 cm³/mol. The number of carbonyl (C=O) groups is 2. The minimum Gasteiger partial charge on any atom is -0.451 e. The molecular formula is C16H17Cl2NO3S. The minimum absolute atomic E-state index is 0.0104. The Kier molecular flexibility index (Phi) is 5.89. The van der Waals surface area contributed by atoms with Crippen molar-refractivity contribution in [1.29, 1.82) is 0 Å². The number of ether oxygens (including phenoxy) is 1. The lowest BCUT2D eigenvalue weighted by Gasteiger charge is -2.17. The van der Waals surface area contributed by atoms with Crippen molar-refractivity contribution in [3.05, 3.63) is 33.1 Å². The van der Waals surface area contributed by atoms with E-state index in [0.29, 0.717) is 16.0 Å². The van der Waals surface area contributed by atoms with Crippen molar-refractivity contribution in [2.75, 3.05) is 6.61 Å². The Bertz CT molecular complexity index is 742. The van der Waals surface area contributed by atoms with Crippen LogP contribution < -0.4 is 5.32 Å². The summed E-state index contributed by atoms with van der Waals surface area (Å²) in [6, 6.07) is 5.21. The molecule has 2 aromatic rings. The molecule has 0 radical (unpaired) electrons. The van der Waals surface area contributed by atoms with Gasteiger partial charge in [0.2, 0.25) is 0 Å². The number of hydrogen-bond donors (Lipinski definition) is 1. The Labute approximate surface area is 148 Å². The van der Waals surface area contributed by atoms with Crippen molar-refractivity contribution in [3.63, 3.8) is 0 Å². The molecule has 23 heavy (non-hydrogen) atoms. The van der Waals surface area contributed by atoms with E-state index in [0.717, 1.165) is 10.1 Å². The first-order chi connectivity index (χ1) is 10.8. The van der Waals surface area contributed by atoms with Crippen molar-refractivity contribution in [1.82, 2.24) is 5.32 Å². The van der Waals surface area contributed by atoms with E-state index in [1.165, 1.54) is 11.3 Å². The Hall–Kier alpha value is -1.30. The van der Waals surface area contributed by atoms with E-state index >= 15 is 0 Å². The molecule has 0 spiro atoms. The van der Waals surface area contributed by atoms with Crippen LogP contribution in [0.25, 0.3) is 10.1 Å². The smallest absolute Gasteiger partial charge is 0.350 e. The maximum Gasteiger partial charge on any atom is 0.350 e. The third kappa shape index (κ3) is 4.37. The zero-order valence-corrected chi connectivity index (χ0v) is 15.3. The van der Waals surface area contributed by atoms with Gasteiger partial charge >= 0.3 is 5.97 Å². The van der Waals surface area contributed by atoms with Crippen LogP contribution in [-0.2, 0) is 9.53 Å². The first-order valence-electron chi connectivity index (χ1n) is 7.13. The second kappa shape index (κ2) is 7.51. The number of esters is 1. The van der Waals surface area contributed by atoms with Gasteiger partial charge in [-0.25, -0.2) is 4.79 Å². The molecule has 1 amide bonds. The number of rotatable bonds is 5. The zero-order valence-electron chi connectivity index (χ0n) is 13.0. The quantitative estimate of drug-likeness (QED) is 0.783. The molecule has 0 aliphatic heterocycles. The molecule has 124 valence electrons. The van der Waals surface area contributed by atoms with E-state index in [4.69, 9.17) is 27.9 Å². The van der Waals surface area contributed by atoms with Gasteiger partial charge in [0, 0.05) is 21.2 Å².